The number of nitrogens with one attached hydrogen (secondary N) is 1. The van der Waals surface area contributed by atoms with E-state index in [4.69, 9.17) is 4.74 Å². The molecule has 0 saturated heterocycles. The Morgan fingerprint density at radius 2 is 2.14 bits per heavy atom. The van der Waals surface area contributed by atoms with Crippen molar-refractivity contribution in [2.45, 2.75) is 46.6 Å². The summed E-state index contributed by atoms with van der Waals surface area (Å²) in [5.41, 5.74) is 0.654. The van der Waals surface area contributed by atoms with E-state index in [0.717, 1.165) is 6.42 Å². The molecule has 0 spiro atoms. The smallest absolute Gasteiger partial charge is 0.358 e. The number of amides is 1. The average Bonchev–Trinajstić information content (AvgIpc) is 2.88. The first kappa shape index (κ1) is 15.5. The van der Waals surface area contributed by atoms with Gasteiger partial charge in [0.05, 0.1) is 0 Å². The maximum absolute atomic E-state index is 12.2. The molecule has 0 aromatic carbocycles. The van der Waals surface area contributed by atoms with E-state index in [1.807, 2.05) is 0 Å². The highest BCUT2D eigenvalue weighted by atomic mass is 32.1. The summed E-state index contributed by atoms with van der Waals surface area (Å²) >= 11 is 1.23. The topological polar surface area (TPSA) is 68.3 Å². The first-order valence-corrected chi connectivity index (χ1v) is 8.61. The van der Waals surface area contributed by atoms with Gasteiger partial charge in [0.15, 0.2) is 10.8 Å². The molecule has 4 rings (SSSR count). The molecule has 2 bridgehead atoms. The Labute approximate surface area is 134 Å². The van der Waals surface area contributed by atoms with Crippen LogP contribution in [0.5, 0.6) is 0 Å². The van der Waals surface area contributed by atoms with Crippen molar-refractivity contribution >= 4 is 28.3 Å². The number of aromatic nitrogens is 1. The zero-order chi connectivity index (χ0) is 16.1. The SMILES string of the molecule is CC(=O)Nc1nc(C(=O)O[C@H]2C[C@H]3C[C@@H]([C@@H]2C)C3(C)C)cs1. The first-order valence-electron chi connectivity index (χ1n) is 7.73. The molecule has 0 aliphatic heterocycles. The number of nitrogens with zero attached hydrogens (tertiary/aromatic N) is 1. The molecule has 3 saturated carbocycles. The van der Waals surface area contributed by atoms with Crippen molar-refractivity contribution in [2.75, 3.05) is 5.32 Å². The molecule has 22 heavy (non-hydrogen) atoms. The molecule has 3 fully saturated rings. The van der Waals surface area contributed by atoms with Gasteiger partial charge in [-0.05, 0) is 36.0 Å². The molecule has 120 valence electrons. The Balaban J connectivity index is 1.63. The summed E-state index contributed by atoms with van der Waals surface area (Å²) in [4.78, 5) is 27.4. The van der Waals surface area contributed by atoms with Crippen molar-refractivity contribution in [1.29, 1.82) is 0 Å². The molecule has 4 atom stereocenters. The standard InChI is InChI=1S/C16H22N2O3S/c1-8-11-5-10(16(11,3)4)6-13(8)21-14(20)12-7-22-15(18-12)17-9(2)19/h7-8,10-11,13H,5-6H2,1-4H3,(H,17,18,19)/t8-,10+,11-,13-/m0/s1. The van der Waals surface area contributed by atoms with E-state index in [0.29, 0.717) is 28.3 Å². The van der Waals surface area contributed by atoms with E-state index in [1.54, 1.807) is 5.38 Å². The zero-order valence-electron chi connectivity index (χ0n) is 13.4. The number of ether oxygens (including phenoxy) is 1. The van der Waals surface area contributed by atoms with Gasteiger partial charge in [-0.2, -0.15) is 0 Å². The van der Waals surface area contributed by atoms with Crippen LogP contribution in [-0.2, 0) is 9.53 Å². The number of fused-ring (bicyclic) bond motifs is 2. The molecular formula is C16H22N2O3S. The lowest BCUT2D eigenvalue weighted by Crippen LogP contribution is -2.57. The number of hydrogen-bond donors (Lipinski definition) is 1. The predicted molar refractivity (Wildman–Crippen MR) is 84.8 cm³/mol. The van der Waals surface area contributed by atoms with Gasteiger partial charge in [-0.1, -0.05) is 20.8 Å². The summed E-state index contributed by atoms with van der Waals surface area (Å²) in [7, 11) is 0. The number of rotatable bonds is 3. The van der Waals surface area contributed by atoms with Gasteiger partial charge in [0.25, 0.3) is 0 Å². The van der Waals surface area contributed by atoms with Crippen molar-refractivity contribution in [2.24, 2.45) is 23.2 Å². The molecule has 0 unspecified atom stereocenters. The molecule has 1 aromatic rings. The van der Waals surface area contributed by atoms with Crippen LogP contribution in [-0.4, -0.2) is 23.0 Å². The highest BCUT2D eigenvalue weighted by Gasteiger charge is 2.57. The van der Waals surface area contributed by atoms with Gasteiger partial charge in [-0.15, -0.1) is 11.3 Å². The van der Waals surface area contributed by atoms with Crippen LogP contribution >= 0.6 is 11.3 Å². The van der Waals surface area contributed by atoms with Gasteiger partial charge < -0.3 is 10.1 Å². The number of thiazole rings is 1. The molecule has 5 nitrogen and oxygen atoms in total. The lowest BCUT2D eigenvalue weighted by atomic mass is 9.45. The summed E-state index contributed by atoms with van der Waals surface area (Å²) in [6, 6.07) is 0. The van der Waals surface area contributed by atoms with Gasteiger partial charge in [0.2, 0.25) is 5.91 Å². The van der Waals surface area contributed by atoms with Crippen molar-refractivity contribution in [3.8, 4) is 0 Å². The third kappa shape index (κ3) is 2.53. The van der Waals surface area contributed by atoms with Crippen molar-refractivity contribution in [3.63, 3.8) is 0 Å². The van der Waals surface area contributed by atoms with E-state index >= 15 is 0 Å². The zero-order valence-corrected chi connectivity index (χ0v) is 14.2. The van der Waals surface area contributed by atoms with Crippen LogP contribution in [0, 0.1) is 23.2 Å². The lowest BCUT2D eigenvalue weighted by molar-refractivity contribution is -0.156. The van der Waals surface area contributed by atoms with Crippen LogP contribution in [0.1, 0.15) is 51.0 Å². The van der Waals surface area contributed by atoms with Gasteiger partial charge in [-0.3, -0.25) is 4.79 Å². The van der Waals surface area contributed by atoms with Gasteiger partial charge in [0.1, 0.15) is 6.10 Å². The second-order valence-corrected chi connectivity index (χ2v) is 7.98. The molecule has 1 N–H and O–H groups in total. The predicted octanol–water partition coefficient (Wildman–Crippen LogP) is 3.33. The Bertz CT molecular complexity index is 610. The maximum Gasteiger partial charge on any atom is 0.358 e. The third-order valence-electron chi connectivity index (χ3n) is 5.54. The van der Waals surface area contributed by atoms with Crippen LogP contribution < -0.4 is 5.32 Å². The van der Waals surface area contributed by atoms with E-state index in [1.165, 1.54) is 24.7 Å². The van der Waals surface area contributed by atoms with E-state index < -0.39 is 0 Å². The normalized spacial score (nSPS) is 32.0. The number of esters is 1. The number of hydrogen-bond acceptors (Lipinski definition) is 5. The third-order valence-corrected chi connectivity index (χ3v) is 6.30. The van der Waals surface area contributed by atoms with Crippen LogP contribution in [0.25, 0.3) is 0 Å². The molecule has 6 heteroatoms. The summed E-state index contributed by atoms with van der Waals surface area (Å²) in [6.07, 6.45) is 2.18. The fourth-order valence-electron chi connectivity index (χ4n) is 4.03. The highest BCUT2D eigenvalue weighted by Crippen LogP contribution is 2.61. The molecule has 1 aromatic heterocycles. The summed E-state index contributed by atoms with van der Waals surface area (Å²) < 4.78 is 5.69. The minimum Gasteiger partial charge on any atom is -0.457 e. The first-order chi connectivity index (χ1) is 10.3. The van der Waals surface area contributed by atoms with E-state index in [9.17, 15) is 9.59 Å². The van der Waals surface area contributed by atoms with Crippen molar-refractivity contribution in [3.05, 3.63) is 11.1 Å². The van der Waals surface area contributed by atoms with Crippen LogP contribution in [0.4, 0.5) is 5.13 Å². The van der Waals surface area contributed by atoms with Crippen LogP contribution in [0.15, 0.2) is 5.38 Å². The van der Waals surface area contributed by atoms with Gasteiger partial charge in [0, 0.05) is 12.3 Å². The van der Waals surface area contributed by atoms with E-state index in [2.05, 4.69) is 31.1 Å². The maximum atomic E-state index is 12.2. The summed E-state index contributed by atoms with van der Waals surface area (Å²) in [5.74, 6) is 1.09. The molecule has 3 aliphatic rings. The quantitative estimate of drug-likeness (QED) is 0.867. The van der Waals surface area contributed by atoms with Gasteiger partial charge in [-0.25, -0.2) is 9.78 Å². The molecular weight excluding hydrogens is 300 g/mol. The molecule has 1 heterocycles. The number of carbonyl (C=O) groups excluding carboxylic acids is 2. The average molecular weight is 322 g/mol. The largest absolute Gasteiger partial charge is 0.457 e. The minimum absolute atomic E-state index is 0.0183. The second-order valence-electron chi connectivity index (χ2n) is 7.12. The van der Waals surface area contributed by atoms with Crippen LogP contribution in [0.3, 0.4) is 0 Å². The lowest BCUT2D eigenvalue weighted by Gasteiger charge is -2.61. The monoisotopic (exact) mass is 322 g/mol. The number of carbonyl (C=O) groups is 2. The summed E-state index contributed by atoms with van der Waals surface area (Å²) in [6.45, 7) is 8.24. The fraction of sp³-hybridized carbons (Fsp3) is 0.688. The minimum atomic E-state index is -0.385. The Morgan fingerprint density at radius 1 is 1.41 bits per heavy atom. The van der Waals surface area contributed by atoms with Crippen molar-refractivity contribution < 1.29 is 14.3 Å². The molecule has 1 amide bonds. The molecule has 0 radical (unpaired) electrons. The Morgan fingerprint density at radius 3 is 2.73 bits per heavy atom. The number of anilines is 1. The molecule has 3 aliphatic carbocycles. The highest BCUT2D eigenvalue weighted by molar-refractivity contribution is 7.14. The van der Waals surface area contributed by atoms with E-state index in [-0.39, 0.29) is 23.7 Å². The second kappa shape index (κ2) is 5.33. The Kier molecular flexibility index (Phi) is 3.75. The van der Waals surface area contributed by atoms with Crippen LogP contribution in [0.2, 0.25) is 0 Å². The summed E-state index contributed by atoms with van der Waals surface area (Å²) in [5, 5.41) is 4.64. The fourth-order valence-corrected chi connectivity index (χ4v) is 4.76. The van der Waals surface area contributed by atoms with Gasteiger partial charge >= 0.3 is 5.97 Å². The van der Waals surface area contributed by atoms with Crippen molar-refractivity contribution in [1.82, 2.24) is 4.98 Å². The Hall–Kier alpha value is -1.43.